The highest BCUT2D eigenvalue weighted by atomic mass is 15.2. The first-order valence-electron chi connectivity index (χ1n) is 6.90. The summed E-state index contributed by atoms with van der Waals surface area (Å²) in [4.78, 5) is 2.67. The van der Waals surface area contributed by atoms with Crippen molar-refractivity contribution in [1.82, 2.24) is 14.8 Å². The van der Waals surface area contributed by atoms with Crippen molar-refractivity contribution >= 4 is 0 Å². The molecule has 3 rings (SSSR count). The number of hydrogen-bond donors (Lipinski definition) is 1. The van der Waals surface area contributed by atoms with Gasteiger partial charge >= 0.3 is 0 Å². The molecule has 3 nitrogen and oxygen atoms in total. The van der Waals surface area contributed by atoms with Gasteiger partial charge in [-0.2, -0.15) is 0 Å². The Labute approximate surface area is 104 Å². The lowest BCUT2D eigenvalue weighted by Gasteiger charge is -2.35. The Hall–Kier alpha value is -0.800. The smallest absolute Gasteiger partial charge is 0.0504 e. The highest BCUT2D eigenvalue weighted by Crippen LogP contribution is 2.40. The fraction of sp³-hybridized carbons (Fsp3) is 0.714. The van der Waals surface area contributed by atoms with E-state index in [2.05, 4.69) is 40.2 Å². The van der Waals surface area contributed by atoms with E-state index >= 15 is 0 Å². The molecule has 1 N–H and O–H groups in total. The van der Waals surface area contributed by atoms with Crippen LogP contribution >= 0.6 is 0 Å². The fourth-order valence-electron chi connectivity index (χ4n) is 2.94. The summed E-state index contributed by atoms with van der Waals surface area (Å²) in [6, 6.07) is 5.12. The molecule has 2 aliphatic rings. The minimum absolute atomic E-state index is 0.643. The monoisotopic (exact) mass is 233 g/mol. The maximum atomic E-state index is 3.45. The molecule has 0 bridgehead atoms. The lowest BCUT2D eigenvalue weighted by Crippen LogP contribution is -2.45. The number of aromatic nitrogens is 1. The number of hydrogen-bond acceptors (Lipinski definition) is 2. The SMILES string of the molecule is Cn1cccc1[C@H](CC1CC1)N1CCNCC1. The number of nitrogens with zero attached hydrogens (tertiary/aromatic N) is 2. The van der Waals surface area contributed by atoms with Crippen LogP contribution in [0.25, 0.3) is 0 Å². The van der Waals surface area contributed by atoms with Gasteiger partial charge in [0.2, 0.25) is 0 Å². The summed E-state index contributed by atoms with van der Waals surface area (Å²) in [5, 5.41) is 3.45. The Morgan fingerprint density at radius 2 is 2.12 bits per heavy atom. The molecule has 0 aromatic carbocycles. The summed E-state index contributed by atoms with van der Waals surface area (Å²) in [6.45, 7) is 4.68. The number of piperazine rings is 1. The van der Waals surface area contributed by atoms with Crippen molar-refractivity contribution < 1.29 is 0 Å². The summed E-state index contributed by atoms with van der Waals surface area (Å²) >= 11 is 0. The Balaban J connectivity index is 1.77. The molecular weight excluding hydrogens is 210 g/mol. The van der Waals surface area contributed by atoms with Gasteiger partial charge in [-0.15, -0.1) is 0 Å². The zero-order valence-electron chi connectivity index (χ0n) is 10.7. The molecule has 0 spiro atoms. The predicted octanol–water partition coefficient (Wildman–Crippen LogP) is 1.77. The first-order chi connectivity index (χ1) is 8.34. The minimum atomic E-state index is 0.643. The average molecular weight is 233 g/mol. The molecule has 0 radical (unpaired) electrons. The van der Waals surface area contributed by atoms with E-state index in [1.54, 1.807) is 0 Å². The van der Waals surface area contributed by atoms with Gasteiger partial charge in [0.1, 0.15) is 0 Å². The lowest BCUT2D eigenvalue weighted by molar-refractivity contribution is 0.155. The molecule has 1 saturated carbocycles. The first kappa shape index (κ1) is 11.3. The van der Waals surface area contributed by atoms with E-state index in [1.165, 1.54) is 38.0 Å². The van der Waals surface area contributed by atoms with Gasteiger partial charge < -0.3 is 9.88 Å². The maximum absolute atomic E-state index is 3.45. The molecule has 1 aliphatic carbocycles. The van der Waals surface area contributed by atoms with Gasteiger partial charge in [-0.3, -0.25) is 4.90 Å². The van der Waals surface area contributed by atoms with Crippen molar-refractivity contribution in [1.29, 1.82) is 0 Å². The van der Waals surface area contributed by atoms with Gasteiger partial charge in [-0.1, -0.05) is 12.8 Å². The molecule has 0 unspecified atom stereocenters. The van der Waals surface area contributed by atoms with Gasteiger partial charge in [-0.25, -0.2) is 0 Å². The van der Waals surface area contributed by atoms with Crippen LogP contribution in [0.15, 0.2) is 18.3 Å². The molecular formula is C14H23N3. The average Bonchev–Trinajstić information content (AvgIpc) is 3.09. The summed E-state index contributed by atoms with van der Waals surface area (Å²) < 4.78 is 2.30. The van der Waals surface area contributed by atoms with Crippen LogP contribution < -0.4 is 5.32 Å². The third-order valence-corrected chi connectivity index (χ3v) is 4.17. The lowest BCUT2D eigenvalue weighted by atomic mass is 10.0. The van der Waals surface area contributed by atoms with E-state index < -0.39 is 0 Å². The van der Waals surface area contributed by atoms with E-state index in [1.807, 2.05) is 0 Å². The van der Waals surface area contributed by atoms with E-state index in [9.17, 15) is 0 Å². The predicted molar refractivity (Wildman–Crippen MR) is 69.9 cm³/mol. The molecule has 1 saturated heterocycles. The molecule has 94 valence electrons. The molecule has 1 aromatic heterocycles. The van der Waals surface area contributed by atoms with Crippen molar-refractivity contribution in [2.24, 2.45) is 13.0 Å². The molecule has 1 aliphatic heterocycles. The number of rotatable bonds is 4. The van der Waals surface area contributed by atoms with Crippen LogP contribution in [0.1, 0.15) is 31.0 Å². The standard InChI is InChI=1S/C14H23N3/c1-16-8-2-3-13(16)14(11-12-4-5-12)17-9-6-15-7-10-17/h2-3,8,12,14-15H,4-7,9-11H2,1H3/t14-/m0/s1. The summed E-state index contributed by atoms with van der Waals surface area (Å²) in [5.74, 6) is 0.991. The Bertz CT molecular complexity index is 361. The third-order valence-electron chi connectivity index (χ3n) is 4.17. The van der Waals surface area contributed by atoms with Crippen molar-refractivity contribution in [2.75, 3.05) is 26.2 Å². The fourth-order valence-corrected chi connectivity index (χ4v) is 2.94. The van der Waals surface area contributed by atoms with Crippen LogP contribution in [0.5, 0.6) is 0 Å². The van der Waals surface area contributed by atoms with Crippen molar-refractivity contribution in [3.63, 3.8) is 0 Å². The highest BCUT2D eigenvalue weighted by molar-refractivity contribution is 5.13. The Kier molecular flexibility index (Phi) is 3.21. The number of nitrogens with one attached hydrogen (secondary N) is 1. The number of aryl methyl sites for hydroxylation is 1. The first-order valence-corrected chi connectivity index (χ1v) is 6.90. The van der Waals surface area contributed by atoms with Crippen LogP contribution in [-0.4, -0.2) is 35.6 Å². The second-order valence-electron chi connectivity index (χ2n) is 5.52. The van der Waals surface area contributed by atoms with Crippen LogP contribution in [0.2, 0.25) is 0 Å². The second kappa shape index (κ2) is 4.83. The largest absolute Gasteiger partial charge is 0.353 e. The minimum Gasteiger partial charge on any atom is -0.353 e. The van der Waals surface area contributed by atoms with Crippen LogP contribution in [0.4, 0.5) is 0 Å². The molecule has 3 heteroatoms. The van der Waals surface area contributed by atoms with Gasteiger partial charge in [0.15, 0.2) is 0 Å². The summed E-state index contributed by atoms with van der Waals surface area (Å²) in [5.41, 5.74) is 1.50. The Morgan fingerprint density at radius 1 is 1.35 bits per heavy atom. The van der Waals surface area contributed by atoms with E-state index in [4.69, 9.17) is 0 Å². The Morgan fingerprint density at radius 3 is 2.71 bits per heavy atom. The van der Waals surface area contributed by atoms with Crippen LogP contribution in [-0.2, 0) is 7.05 Å². The van der Waals surface area contributed by atoms with Gasteiger partial charge in [-0.05, 0) is 24.5 Å². The van der Waals surface area contributed by atoms with E-state index in [-0.39, 0.29) is 0 Å². The summed E-state index contributed by atoms with van der Waals surface area (Å²) in [6.07, 6.45) is 6.44. The van der Waals surface area contributed by atoms with Crippen molar-refractivity contribution in [3.05, 3.63) is 24.0 Å². The second-order valence-corrected chi connectivity index (χ2v) is 5.52. The van der Waals surface area contributed by atoms with Gasteiger partial charge in [0.05, 0.1) is 6.04 Å². The van der Waals surface area contributed by atoms with E-state index in [0.717, 1.165) is 19.0 Å². The molecule has 1 aromatic rings. The zero-order chi connectivity index (χ0) is 11.7. The topological polar surface area (TPSA) is 20.2 Å². The maximum Gasteiger partial charge on any atom is 0.0504 e. The molecule has 2 heterocycles. The highest BCUT2D eigenvalue weighted by Gasteiger charge is 2.31. The van der Waals surface area contributed by atoms with E-state index in [0.29, 0.717) is 6.04 Å². The van der Waals surface area contributed by atoms with Crippen LogP contribution in [0.3, 0.4) is 0 Å². The summed E-state index contributed by atoms with van der Waals surface area (Å²) in [7, 11) is 2.18. The third kappa shape index (κ3) is 2.55. The zero-order valence-corrected chi connectivity index (χ0v) is 10.7. The normalized spacial score (nSPS) is 23.8. The molecule has 1 atom stereocenters. The van der Waals surface area contributed by atoms with Gasteiger partial charge in [0, 0.05) is 45.1 Å². The molecule has 0 amide bonds. The van der Waals surface area contributed by atoms with Crippen molar-refractivity contribution in [2.45, 2.75) is 25.3 Å². The quantitative estimate of drug-likeness (QED) is 0.855. The molecule has 17 heavy (non-hydrogen) atoms. The molecule has 2 fully saturated rings. The van der Waals surface area contributed by atoms with Gasteiger partial charge in [0.25, 0.3) is 0 Å². The van der Waals surface area contributed by atoms with Crippen LogP contribution in [0, 0.1) is 5.92 Å². The van der Waals surface area contributed by atoms with Crippen molar-refractivity contribution in [3.8, 4) is 0 Å².